The maximum Gasteiger partial charge on any atom is 0.296 e. The van der Waals surface area contributed by atoms with E-state index in [-0.39, 0.29) is 12.5 Å². The predicted molar refractivity (Wildman–Crippen MR) is 121 cm³/mol. The van der Waals surface area contributed by atoms with Gasteiger partial charge in [0.1, 0.15) is 6.54 Å². The molecule has 2 aromatic carbocycles. The van der Waals surface area contributed by atoms with Crippen molar-refractivity contribution in [2.24, 2.45) is 0 Å². The van der Waals surface area contributed by atoms with Gasteiger partial charge in [-0.1, -0.05) is 35.9 Å². The van der Waals surface area contributed by atoms with Crippen molar-refractivity contribution in [3.8, 4) is 0 Å². The van der Waals surface area contributed by atoms with Gasteiger partial charge in [-0.2, -0.15) is 0 Å². The van der Waals surface area contributed by atoms with Crippen LogP contribution in [-0.2, 0) is 16.1 Å². The molecule has 0 spiro atoms. The lowest BCUT2D eigenvalue weighted by Crippen LogP contribution is -2.37. The number of nitrogens with zero attached hydrogens (tertiary/aromatic N) is 2. The number of rotatable bonds is 5. The molecule has 160 valence electrons. The van der Waals surface area contributed by atoms with E-state index >= 15 is 0 Å². The van der Waals surface area contributed by atoms with E-state index in [0.29, 0.717) is 16.6 Å². The molecule has 2 amide bonds. The molecule has 1 aliphatic heterocycles. The van der Waals surface area contributed by atoms with Crippen LogP contribution in [0, 0.1) is 13.8 Å². The van der Waals surface area contributed by atoms with E-state index in [0.717, 1.165) is 49.0 Å². The summed E-state index contributed by atoms with van der Waals surface area (Å²) in [6.07, 6.45) is 4.85. The molecule has 0 radical (unpaired) electrons. The molecule has 1 saturated heterocycles. The van der Waals surface area contributed by atoms with Gasteiger partial charge < -0.3 is 14.8 Å². The molecular weight excluding hydrogens is 390 g/mol. The maximum atomic E-state index is 13.0. The summed E-state index contributed by atoms with van der Waals surface area (Å²) in [5.41, 5.74) is 3.69. The summed E-state index contributed by atoms with van der Waals surface area (Å²) in [5, 5.41) is 3.40. The van der Waals surface area contributed by atoms with Gasteiger partial charge in [0.05, 0.1) is 5.56 Å². The van der Waals surface area contributed by atoms with Crippen LogP contribution in [-0.4, -0.2) is 40.2 Å². The number of likely N-dealkylation sites (tertiary alicyclic amines) is 1. The van der Waals surface area contributed by atoms with Crippen LogP contribution in [0.25, 0.3) is 10.9 Å². The molecule has 1 aromatic heterocycles. The standard InChI is InChI=1S/C25H27N3O3/c1-17-10-11-21(18(2)14-17)26-25(31)24(30)20-15-28(22-9-5-4-8-19(20)22)16-23(29)27-12-6-3-7-13-27/h4-5,8-11,14-15H,3,6-7,12-13,16H2,1-2H3,(H,26,31). The predicted octanol–water partition coefficient (Wildman–Crippen LogP) is 4.09. The average molecular weight is 418 g/mol. The molecule has 1 aliphatic rings. The number of hydrogen-bond acceptors (Lipinski definition) is 3. The van der Waals surface area contributed by atoms with Gasteiger partial charge in [0.2, 0.25) is 5.91 Å². The molecule has 4 rings (SSSR count). The molecule has 31 heavy (non-hydrogen) atoms. The zero-order chi connectivity index (χ0) is 22.0. The smallest absolute Gasteiger partial charge is 0.296 e. The minimum Gasteiger partial charge on any atom is -0.341 e. The molecule has 1 N–H and O–H groups in total. The van der Waals surface area contributed by atoms with Crippen LogP contribution in [0.4, 0.5) is 5.69 Å². The molecule has 3 aromatic rings. The second-order valence-corrected chi connectivity index (χ2v) is 8.23. The summed E-state index contributed by atoms with van der Waals surface area (Å²) in [7, 11) is 0. The van der Waals surface area contributed by atoms with E-state index in [2.05, 4.69) is 5.32 Å². The molecule has 2 heterocycles. The first kappa shape index (κ1) is 20.8. The average Bonchev–Trinajstić information content (AvgIpc) is 3.14. The SMILES string of the molecule is Cc1ccc(NC(=O)C(=O)c2cn(CC(=O)N3CCCCC3)c3ccccc23)c(C)c1. The van der Waals surface area contributed by atoms with E-state index in [9.17, 15) is 14.4 Å². The number of fused-ring (bicyclic) bond motifs is 1. The number of aromatic nitrogens is 1. The zero-order valence-corrected chi connectivity index (χ0v) is 18.0. The number of ketones is 1. The molecule has 0 aliphatic carbocycles. The van der Waals surface area contributed by atoms with Gasteiger partial charge >= 0.3 is 0 Å². The third-order valence-electron chi connectivity index (χ3n) is 5.88. The van der Waals surface area contributed by atoms with Gasteiger partial charge in [-0.25, -0.2) is 0 Å². The number of hydrogen-bond donors (Lipinski definition) is 1. The van der Waals surface area contributed by atoms with Crippen LogP contribution in [0.15, 0.2) is 48.7 Å². The Morgan fingerprint density at radius 2 is 1.71 bits per heavy atom. The highest BCUT2D eigenvalue weighted by atomic mass is 16.2. The third-order valence-corrected chi connectivity index (χ3v) is 5.88. The largest absolute Gasteiger partial charge is 0.341 e. The molecule has 6 heteroatoms. The fourth-order valence-corrected chi connectivity index (χ4v) is 4.20. The number of carbonyl (C=O) groups is 3. The van der Waals surface area contributed by atoms with Crippen molar-refractivity contribution in [3.05, 3.63) is 65.4 Å². The number of benzene rings is 2. The van der Waals surface area contributed by atoms with E-state index < -0.39 is 11.7 Å². The zero-order valence-electron chi connectivity index (χ0n) is 18.0. The van der Waals surface area contributed by atoms with Gasteiger partial charge in [-0.3, -0.25) is 14.4 Å². The molecule has 0 bridgehead atoms. The van der Waals surface area contributed by atoms with E-state index in [1.807, 2.05) is 55.1 Å². The summed E-state index contributed by atoms with van der Waals surface area (Å²) in [4.78, 5) is 40.4. The fourth-order valence-electron chi connectivity index (χ4n) is 4.20. The Bertz CT molecular complexity index is 1160. The van der Waals surface area contributed by atoms with Crippen molar-refractivity contribution >= 4 is 34.2 Å². The number of para-hydroxylation sites is 1. The van der Waals surface area contributed by atoms with E-state index in [4.69, 9.17) is 0 Å². The minimum absolute atomic E-state index is 0.0409. The van der Waals surface area contributed by atoms with Crippen molar-refractivity contribution in [1.29, 1.82) is 0 Å². The number of Topliss-reactive ketones (excluding diaryl/α,β-unsaturated/α-hetero) is 1. The number of aryl methyl sites for hydroxylation is 2. The van der Waals surface area contributed by atoms with Crippen molar-refractivity contribution in [2.45, 2.75) is 39.7 Å². The first-order chi connectivity index (χ1) is 14.9. The Morgan fingerprint density at radius 3 is 2.45 bits per heavy atom. The van der Waals surface area contributed by atoms with Crippen LogP contribution in [0.1, 0.15) is 40.7 Å². The van der Waals surface area contributed by atoms with Crippen LogP contribution in [0.3, 0.4) is 0 Å². The highest BCUT2D eigenvalue weighted by Crippen LogP contribution is 2.24. The summed E-state index contributed by atoms with van der Waals surface area (Å²) in [6.45, 7) is 5.59. The lowest BCUT2D eigenvalue weighted by atomic mass is 10.1. The van der Waals surface area contributed by atoms with E-state index in [1.165, 1.54) is 0 Å². The molecule has 6 nitrogen and oxygen atoms in total. The Morgan fingerprint density at radius 1 is 0.968 bits per heavy atom. The number of anilines is 1. The first-order valence-electron chi connectivity index (χ1n) is 10.7. The monoisotopic (exact) mass is 417 g/mol. The van der Waals surface area contributed by atoms with Gasteiger partial charge in [-0.05, 0) is 50.8 Å². The number of carbonyl (C=O) groups excluding carboxylic acids is 3. The normalized spacial score (nSPS) is 13.9. The number of nitrogens with one attached hydrogen (secondary N) is 1. The quantitative estimate of drug-likeness (QED) is 0.502. The molecule has 0 saturated carbocycles. The van der Waals surface area contributed by atoms with Gasteiger partial charge in [0.25, 0.3) is 11.7 Å². The van der Waals surface area contributed by atoms with Crippen molar-refractivity contribution < 1.29 is 14.4 Å². The summed E-state index contributed by atoms with van der Waals surface area (Å²) in [6, 6.07) is 13.0. The maximum absolute atomic E-state index is 13.0. The topological polar surface area (TPSA) is 71.4 Å². The molecule has 0 unspecified atom stereocenters. The Kier molecular flexibility index (Phi) is 5.89. The summed E-state index contributed by atoms with van der Waals surface area (Å²) in [5.74, 6) is -1.25. The highest BCUT2D eigenvalue weighted by Gasteiger charge is 2.24. The fraction of sp³-hybridized carbons (Fsp3) is 0.320. The lowest BCUT2D eigenvalue weighted by molar-refractivity contribution is -0.132. The molecule has 1 fully saturated rings. The molecular formula is C25H27N3O3. The Labute approximate surface area is 181 Å². The Balaban J connectivity index is 1.59. The third kappa shape index (κ3) is 4.38. The van der Waals surface area contributed by atoms with E-state index in [1.54, 1.807) is 16.8 Å². The minimum atomic E-state index is -0.683. The molecule has 0 atom stereocenters. The van der Waals surface area contributed by atoms with Crippen LogP contribution in [0.2, 0.25) is 0 Å². The number of amides is 2. The van der Waals surface area contributed by atoms with Gasteiger partial charge in [0.15, 0.2) is 0 Å². The summed E-state index contributed by atoms with van der Waals surface area (Å²) >= 11 is 0. The second kappa shape index (κ2) is 8.76. The first-order valence-corrected chi connectivity index (χ1v) is 10.7. The second-order valence-electron chi connectivity index (χ2n) is 8.23. The Hall–Kier alpha value is -3.41. The van der Waals surface area contributed by atoms with Crippen molar-refractivity contribution in [2.75, 3.05) is 18.4 Å². The van der Waals surface area contributed by atoms with Crippen molar-refractivity contribution in [3.63, 3.8) is 0 Å². The number of piperidine rings is 1. The van der Waals surface area contributed by atoms with Crippen LogP contribution in [0.5, 0.6) is 0 Å². The van der Waals surface area contributed by atoms with Crippen LogP contribution >= 0.6 is 0 Å². The highest BCUT2D eigenvalue weighted by molar-refractivity contribution is 6.48. The van der Waals surface area contributed by atoms with Gasteiger partial charge in [0, 0.05) is 35.9 Å². The van der Waals surface area contributed by atoms with Crippen molar-refractivity contribution in [1.82, 2.24) is 9.47 Å². The summed E-state index contributed by atoms with van der Waals surface area (Å²) < 4.78 is 1.78. The lowest BCUT2D eigenvalue weighted by Gasteiger charge is -2.27. The van der Waals surface area contributed by atoms with Gasteiger partial charge in [-0.15, -0.1) is 0 Å². The van der Waals surface area contributed by atoms with Crippen LogP contribution < -0.4 is 5.32 Å².